The molecule has 0 saturated heterocycles. The van der Waals surface area contributed by atoms with Crippen molar-refractivity contribution in [1.29, 1.82) is 0 Å². The molecule has 29 heavy (non-hydrogen) atoms. The van der Waals surface area contributed by atoms with E-state index in [1.165, 1.54) is 5.56 Å². The third-order valence-electron chi connectivity index (χ3n) is 4.49. The second-order valence-electron chi connectivity index (χ2n) is 6.90. The van der Waals surface area contributed by atoms with Gasteiger partial charge in [-0.25, -0.2) is 0 Å². The number of Topliss-reactive ketones (excluding diaryl/α,β-unsaturated/α-hetero) is 1. The molecule has 0 N–H and O–H groups in total. The van der Waals surface area contributed by atoms with Crippen LogP contribution < -0.4 is 0 Å². The van der Waals surface area contributed by atoms with Gasteiger partial charge in [-0.2, -0.15) is 0 Å². The minimum Gasteiger partial charge on any atom is -0.457 e. The molecule has 0 amide bonds. The van der Waals surface area contributed by atoms with Crippen LogP contribution in [0.3, 0.4) is 0 Å². The number of hydrogen-bond donors (Lipinski definition) is 0. The second kappa shape index (κ2) is 9.78. The topological polar surface area (TPSA) is 82.3 Å². The van der Waals surface area contributed by atoms with Crippen molar-refractivity contribution in [3.63, 3.8) is 0 Å². The first-order chi connectivity index (χ1) is 14.0. The van der Waals surface area contributed by atoms with Crippen molar-refractivity contribution in [3.8, 4) is 11.5 Å². The summed E-state index contributed by atoms with van der Waals surface area (Å²) in [6.45, 7) is 3.83. The number of nitrogens with zero attached hydrogens (tertiary/aromatic N) is 2. The summed E-state index contributed by atoms with van der Waals surface area (Å²) in [6, 6.07) is 15.1. The van der Waals surface area contributed by atoms with E-state index in [2.05, 4.69) is 17.1 Å². The molecule has 6 heteroatoms. The zero-order valence-corrected chi connectivity index (χ0v) is 16.7. The maximum atomic E-state index is 12.2. The van der Waals surface area contributed by atoms with Gasteiger partial charge in [0.1, 0.15) is 0 Å². The molecule has 0 aliphatic heterocycles. The highest BCUT2D eigenvalue weighted by molar-refractivity contribution is 5.97. The predicted octanol–water partition coefficient (Wildman–Crippen LogP) is 4.36. The van der Waals surface area contributed by atoms with E-state index in [9.17, 15) is 9.59 Å². The lowest BCUT2D eigenvalue weighted by atomic mass is 10.1. The Kier molecular flexibility index (Phi) is 6.89. The molecule has 2 aromatic carbocycles. The van der Waals surface area contributed by atoms with Crippen molar-refractivity contribution >= 4 is 11.8 Å². The monoisotopic (exact) mass is 392 g/mol. The molecule has 0 bridgehead atoms. The highest BCUT2D eigenvalue weighted by Crippen LogP contribution is 2.18. The van der Waals surface area contributed by atoms with Crippen LogP contribution in [0.5, 0.6) is 0 Å². The summed E-state index contributed by atoms with van der Waals surface area (Å²) in [4.78, 5) is 24.1. The Morgan fingerprint density at radius 2 is 1.69 bits per heavy atom. The van der Waals surface area contributed by atoms with Gasteiger partial charge < -0.3 is 9.15 Å². The van der Waals surface area contributed by atoms with Crippen molar-refractivity contribution in [2.75, 3.05) is 6.61 Å². The summed E-state index contributed by atoms with van der Waals surface area (Å²) in [7, 11) is 0. The van der Waals surface area contributed by atoms with E-state index in [-0.39, 0.29) is 25.2 Å². The molecule has 6 nitrogen and oxygen atoms in total. The van der Waals surface area contributed by atoms with Gasteiger partial charge in [0.2, 0.25) is 11.8 Å². The highest BCUT2D eigenvalue weighted by atomic mass is 16.5. The second-order valence-corrected chi connectivity index (χ2v) is 6.90. The van der Waals surface area contributed by atoms with Crippen LogP contribution in [0.15, 0.2) is 52.9 Å². The number of hydrogen-bond acceptors (Lipinski definition) is 6. The van der Waals surface area contributed by atoms with Gasteiger partial charge in [-0.15, -0.1) is 10.2 Å². The van der Waals surface area contributed by atoms with Crippen molar-refractivity contribution < 1.29 is 18.7 Å². The normalized spacial score (nSPS) is 10.7. The molecule has 3 rings (SSSR count). The largest absolute Gasteiger partial charge is 0.457 e. The zero-order valence-electron chi connectivity index (χ0n) is 16.7. The average Bonchev–Trinajstić information content (AvgIpc) is 3.21. The standard InChI is InChI=1S/C23H24N2O4/c1-3-4-17-7-11-18(12-8-17)20(26)15-28-22(27)14-13-21-24-25-23(29-21)19-9-5-16(2)6-10-19/h5-12H,3-4,13-15H2,1-2H3. The maximum absolute atomic E-state index is 12.2. The van der Waals surface area contributed by atoms with E-state index < -0.39 is 5.97 Å². The minimum atomic E-state index is -0.476. The van der Waals surface area contributed by atoms with Crippen LogP contribution >= 0.6 is 0 Å². The van der Waals surface area contributed by atoms with Crippen molar-refractivity contribution in [3.05, 3.63) is 71.1 Å². The molecular weight excluding hydrogens is 368 g/mol. The lowest BCUT2D eigenvalue weighted by Crippen LogP contribution is -2.14. The molecule has 0 aliphatic carbocycles. The number of ether oxygens (including phenoxy) is 1. The first-order valence-electron chi connectivity index (χ1n) is 9.72. The fraction of sp³-hybridized carbons (Fsp3) is 0.304. The molecule has 0 spiro atoms. The van der Waals surface area contributed by atoms with Crippen molar-refractivity contribution in [2.45, 2.75) is 39.5 Å². The number of carbonyl (C=O) groups excluding carboxylic acids is 2. The minimum absolute atomic E-state index is 0.0677. The van der Waals surface area contributed by atoms with Crippen LogP contribution in [0.4, 0.5) is 0 Å². The lowest BCUT2D eigenvalue weighted by molar-refractivity contribution is -0.142. The van der Waals surface area contributed by atoms with Crippen molar-refractivity contribution in [2.24, 2.45) is 0 Å². The fourth-order valence-electron chi connectivity index (χ4n) is 2.82. The first kappa shape index (κ1) is 20.5. The first-order valence-corrected chi connectivity index (χ1v) is 9.72. The average molecular weight is 392 g/mol. The quantitative estimate of drug-likeness (QED) is 0.398. The number of rotatable bonds is 9. The third-order valence-corrected chi connectivity index (χ3v) is 4.49. The number of ketones is 1. The van der Waals surface area contributed by atoms with Gasteiger partial charge >= 0.3 is 5.97 Å². The molecule has 0 saturated carbocycles. The van der Waals surface area contributed by atoms with E-state index in [0.29, 0.717) is 17.3 Å². The summed E-state index contributed by atoms with van der Waals surface area (Å²) in [6.07, 6.45) is 2.36. The van der Waals surface area contributed by atoms with Gasteiger partial charge in [-0.05, 0) is 31.0 Å². The SMILES string of the molecule is CCCc1ccc(C(=O)COC(=O)CCc2nnc(-c3ccc(C)cc3)o2)cc1. The van der Waals surface area contributed by atoms with Crippen LogP contribution in [-0.2, 0) is 22.4 Å². The molecule has 0 radical (unpaired) electrons. The maximum Gasteiger partial charge on any atom is 0.306 e. The fourth-order valence-corrected chi connectivity index (χ4v) is 2.82. The van der Waals surface area contributed by atoms with Crippen LogP contribution in [-0.4, -0.2) is 28.6 Å². The van der Waals surface area contributed by atoms with Crippen LogP contribution in [0.25, 0.3) is 11.5 Å². The Hall–Kier alpha value is -3.28. The van der Waals surface area contributed by atoms with Gasteiger partial charge in [-0.1, -0.05) is 55.3 Å². The number of esters is 1. The van der Waals surface area contributed by atoms with E-state index in [1.54, 1.807) is 12.1 Å². The highest BCUT2D eigenvalue weighted by Gasteiger charge is 2.13. The number of benzene rings is 2. The van der Waals surface area contributed by atoms with E-state index in [1.807, 2.05) is 43.3 Å². The third kappa shape index (κ3) is 5.85. The summed E-state index contributed by atoms with van der Waals surface area (Å²) in [5.41, 5.74) is 3.69. The Morgan fingerprint density at radius 3 is 2.38 bits per heavy atom. The summed E-state index contributed by atoms with van der Waals surface area (Å²) in [5, 5.41) is 7.97. The molecule has 150 valence electrons. The van der Waals surface area contributed by atoms with Gasteiger partial charge in [0.15, 0.2) is 12.4 Å². The van der Waals surface area contributed by atoms with Crippen LogP contribution in [0, 0.1) is 6.92 Å². The number of aryl methyl sites for hydroxylation is 3. The molecule has 0 aliphatic rings. The molecule has 1 heterocycles. The van der Waals surface area contributed by atoms with Gasteiger partial charge in [0.05, 0.1) is 6.42 Å². The zero-order chi connectivity index (χ0) is 20.6. The predicted molar refractivity (Wildman–Crippen MR) is 109 cm³/mol. The van der Waals surface area contributed by atoms with Crippen molar-refractivity contribution in [1.82, 2.24) is 10.2 Å². The molecule has 0 unspecified atom stereocenters. The Balaban J connectivity index is 1.45. The smallest absolute Gasteiger partial charge is 0.306 e. The number of carbonyl (C=O) groups is 2. The number of aromatic nitrogens is 2. The van der Waals surface area contributed by atoms with E-state index in [0.717, 1.165) is 24.0 Å². The van der Waals surface area contributed by atoms with E-state index in [4.69, 9.17) is 9.15 Å². The van der Waals surface area contributed by atoms with Gasteiger partial charge in [0, 0.05) is 17.5 Å². The lowest BCUT2D eigenvalue weighted by Gasteiger charge is -2.05. The molecule has 3 aromatic rings. The molecule has 0 fully saturated rings. The summed E-state index contributed by atoms with van der Waals surface area (Å²) in [5.74, 6) is 0.0716. The summed E-state index contributed by atoms with van der Waals surface area (Å²) < 4.78 is 10.7. The van der Waals surface area contributed by atoms with Gasteiger partial charge in [0.25, 0.3) is 0 Å². The Morgan fingerprint density at radius 1 is 0.966 bits per heavy atom. The van der Waals surface area contributed by atoms with Crippen LogP contribution in [0.2, 0.25) is 0 Å². The summed E-state index contributed by atoms with van der Waals surface area (Å²) >= 11 is 0. The molecule has 1 aromatic heterocycles. The van der Waals surface area contributed by atoms with Crippen LogP contribution in [0.1, 0.15) is 47.1 Å². The Bertz CT molecular complexity index is 959. The molecular formula is C23H24N2O4. The Labute approximate surface area is 169 Å². The van der Waals surface area contributed by atoms with E-state index >= 15 is 0 Å². The van der Waals surface area contributed by atoms with Gasteiger partial charge in [-0.3, -0.25) is 9.59 Å². The molecule has 0 atom stereocenters.